The maximum absolute atomic E-state index is 12.1. The molecule has 0 saturated heterocycles. The van der Waals surface area contributed by atoms with Gasteiger partial charge in [-0.2, -0.15) is 0 Å². The third-order valence-corrected chi connectivity index (χ3v) is 3.71. The lowest BCUT2D eigenvalue weighted by molar-refractivity contribution is 0.0919. The van der Waals surface area contributed by atoms with Crippen LogP contribution in [0.3, 0.4) is 0 Å². The highest BCUT2D eigenvalue weighted by molar-refractivity contribution is 5.89. The first-order valence-corrected chi connectivity index (χ1v) is 8.06. The van der Waals surface area contributed by atoms with Gasteiger partial charge in [-0.15, -0.1) is 10.2 Å². The molecule has 6 nitrogen and oxygen atoms in total. The number of nitrogens with one attached hydrogen (secondary N) is 1. The molecule has 3 aromatic rings. The van der Waals surface area contributed by atoms with E-state index in [4.69, 9.17) is 9.15 Å². The van der Waals surface area contributed by atoms with Crippen LogP contribution in [0.1, 0.15) is 22.7 Å². The van der Waals surface area contributed by atoms with E-state index in [1.165, 1.54) is 5.56 Å². The van der Waals surface area contributed by atoms with E-state index in [9.17, 15) is 4.79 Å². The van der Waals surface area contributed by atoms with E-state index in [1.807, 2.05) is 36.4 Å². The van der Waals surface area contributed by atoms with E-state index in [2.05, 4.69) is 27.6 Å². The van der Waals surface area contributed by atoms with Crippen LogP contribution in [0.15, 0.2) is 59.0 Å². The first-order chi connectivity index (χ1) is 12.3. The fourth-order valence-corrected chi connectivity index (χ4v) is 2.40. The van der Waals surface area contributed by atoms with Gasteiger partial charge < -0.3 is 14.5 Å². The topological polar surface area (TPSA) is 77.2 Å². The number of nitrogens with zero attached hydrogens (tertiary/aromatic N) is 2. The zero-order chi connectivity index (χ0) is 17.5. The molecule has 1 aromatic heterocycles. The summed E-state index contributed by atoms with van der Waals surface area (Å²) in [5.41, 5.74) is 1.95. The Labute approximate surface area is 145 Å². The molecule has 0 saturated carbocycles. The largest absolute Gasteiger partial charge is 0.497 e. The van der Waals surface area contributed by atoms with Crippen LogP contribution in [0.2, 0.25) is 0 Å². The minimum absolute atomic E-state index is 0.0440. The molecule has 128 valence electrons. The van der Waals surface area contributed by atoms with Crippen molar-refractivity contribution in [2.24, 2.45) is 0 Å². The Balaban J connectivity index is 1.53. The molecule has 0 bridgehead atoms. The maximum Gasteiger partial charge on any atom is 0.308 e. The van der Waals surface area contributed by atoms with Gasteiger partial charge in [0, 0.05) is 12.1 Å². The van der Waals surface area contributed by atoms with Gasteiger partial charge in [-0.05, 0) is 36.6 Å². The Morgan fingerprint density at radius 1 is 1.12 bits per heavy atom. The van der Waals surface area contributed by atoms with Crippen molar-refractivity contribution < 1.29 is 13.9 Å². The van der Waals surface area contributed by atoms with E-state index in [1.54, 1.807) is 13.2 Å². The molecule has 0 radical (unpaired) electrons. The number of aryl methyl sites for hydroxylation is 1. The number of methoxy groups -OCH3 is 1. The van der Waals surface area contributed by atoms with Crippen LogP contribution in [0.5, 0.6) is 5.75 Å². The van der Waals surface area contributed by atoms with Gasteiger partial charge in [0.1, 0.15) is 5.75 Å². The van der Waals surface area contributed by atoms with Crippen LogP contribution in [-0.4, -0.2) is 29.8 Å². The average Bonchev–Trinajstić information content (AvgIpc) is 3.16. The van der Waals surface area contributed by atoms with Crippen molar-refractivity contribution in [2.45, 2.75) is 12.8 Å². The smallest absolute Gasteiger partial charge is 0.308 e. The number of aromatic nitrogens is 2. The number of hydrogen-bond donors (Lipinski definition) is 1. The molecular weight excluding hydrogens is 318 g/mol. The van der Waals surface area contributed by atoms with Gasteiger partial charge in [0.05, 0.1) is 7.11 Å². The first kappa shape index (κ1) is 16.7. The summed E-state index contributed by atoms with van der Waals surface area (Å²) in [6.07, 6.45) is 1.74. The highest BCUT2D eigenvalue weighted by atomic mass is 16.5. The third kappa shape index (κ3) is 4.44. The first-order valence-electron chi connectivity index (χ1n) is 8.06. The van der Waals surface area contributed by atoms with E-state index in [0.29, 0.717) is 17.9 Å². The van der Waals surface area contributed by atoms with Crippen LogP contribution < -0.4 is 10.1 Å². The van der Waals surface area contributed by atoms with Crippen molar-refractivity contribution in [3.63, 3.8) is 0 Å². The summed E-state index contributed by atoms with van der Waals surface area (Å²) < 4.78 is 10.6. The number of carbonyl (C=O) groups excluding carboxylic acids is 1. The van der Waals surface area contributed by atoms with Crippen molar-refractivity contribution in [1.82, 2.24) is 15.5 Å². The molecule has 1 amide bonds. The molecular formula is C19H19N3O3. The molecule has 0 aliphatic rings. The molecule has 3 rings (SSSR count). The number of carbonyl (C=O) groups is 1. The SMILES string of the molecule is COc1cccc(-c2nnc(C(=O)NCCCc3ccccc3)o2)c1. The zero-order valence-corrected chi connectivity index (χ0v) is 13.9. The molecule has 25 heavy (non-hydrogen) atoms. The van der Waals surface area contributed by atoms with Crippen LogP contribution >= 0.6 is 0 Å². The summed E-state index contributed by atoms with van der Waals surface area (Å²) in [6, 6.07) is 17.4. The van der Waals surface area contributed by atoms with E-state index in [-0.39, 0.29) is 17.7 Å². The Bertz CT molecular complexity index is 831. The van der Waals surface area contributed by atoms with Gasteiger partial charge in [-0.25, -0.2) is 0 Å². The molecule has 0 spiro atoms. The molecule has 0 aliphatic carbocycles. The van der Waals surface area contributed by atoms with E-state index < -0.39 is 0 Å². The Morgan fingerprint density at radius 3 is 2.76 bits per heavy atom. The minimum atomic E-state index is -0.366. The number of hydrogen-bond acceptors (Lipinski definition) is 5. The second-order valence-corrected chi connectivity index (χ2v) is 5.49. The van der Waals surface area contributed by atoms with Crippen LogP contribution in [0.25, 0.3) is 11.5 Å². The Morgan fingerprint density at radius 2 is 1.96 bits per heavy atom. The van der Waals surface area contributed by atoms with Gasteiger partial charge in [0.15, 0.2) is 0 Å². The van der Waals surface area contributed by atoms with Crippen LogP contribution in [0, 0.1) is 0 Å². The van der Waals surface area contributed by atoms with Crippen molar-refractivity contribution in [3.8, 4) is 17.2 Å². The summed E-state index contributed by atoms with van der Waals surface area (Å²) in [7, 11) is 1.58. The Kier molecular flexibility index (Phi) is 5.41. The van der Waals surface area contributed by atoms with E-state index in [0.717, 1.165) is 12.8 Å². The van der Waals surface area contributed by atoms with E-state index >= 15 is 0 Å². The summed E-state index contributed by atoms with van der Waals surface area (Å²) in [4.78, 5) is 12.1. The second kappa shape index (κ2) is 8.10. The quantitative estimate of drug-likeness (QED) is 0.670. The van der Waals surface area contributed by atoms with Crippen molar-refractivity contribution in [3.05, 3.63) is 66.1 Å². The average molecular weight is 337 g/mol. The second-order valence-electron chi connectivity index (χ2n) is 5.49. The molecule has 1 N–H and O–H groups in total. The van der Waals surface area contributed by atoms with Gasteiger partial charge in [0.25, 0.3) is 0 Å². The highest BCUT2D eigenvalue weighted by Gasteiger charge is 2.15. The lowest BCUT2D eigenvalue weighted by atomic mass is 10.1. The summed E-state index contributed by atoms with van der Waals surface area (Å²) in [5.74, 6) is 0.559. The number of rotatable bonds is 7. The monoisotopic (exact) mass is 337 g/mol. The fraction of sp³-hybridized carbons (Fsp3) is 0.211. The van der Waals surface area contributed by atoms with Crippen LogP contribution in [0.4, 0.5) is 0 Å². The number of benzene rings is 2. The molecule has 0 unspecified atom stereocenters. The standard InChI is InChI=1S/C19H19N3O3/c1-24-16-11-5-10-15(13-16)18-21-22-19(25-18)17(23)20-12-6-9-14-7-3-2-4-8-14/h2-5,7-8,10-11,13H,6,9,12H2,1H3,(H,20,23). The molecule has 2 aromatic carbocycles. The predicted octanol–water partition coefficient (Wildman–Crippen LogP) is 3.11. The van der Waals surface area contributed by atoms with Gasteiger partial charge in [-0.3, -0.25) is 4.79 Å². The molecule has 6 heteroatoms. The predicted molar refractivity (Wildman–Crippen MR) is 93.4 cm³/mol. The lowest BCUT2D eigenvalue weighted by Crippen LogP contribution is -2.25. The maximum atomic E-state index is 12.1. The van der Waals surface area contributed by atoms with Crippen LogP contribution in [-0.2, 0) is 6.42 Å². The van der Waals surface area contributed by atoms with Crippen molar-refractivity contribution in [1.29, 1.82) is 0 Å². The lowest BCUT2D eigenvalue weighted by Gasteiger charge is -2.03. The normalized spacial score (nSPS) is 10.4. The Hall–Kier alpha value is -3.15. The third-order valence-electron chi connectivity index (χ3n) is 3.71. The fourth-order valence-electron chi connectivity index (χ4n) is 2.40. The summed E-state index contributed by atoms with van der Waals surface area (Å²) in [6.45, 7) is 0.546. The summed E-state index contributed by atoms with van der Waals surface area (Å²) >= 11 is 0. The zero-order valence-electron chi connectivity index (χ0n) is 13.9. The molecule has 0 atom stereocenters. The number of ether oxygens (including phenoxy) is 1. The van der Waals surface area contributed by atoms with Crippen molar-refractivity contribution in [2.75, 3.05) is 13.7 Å². The van der Waals surface area contributed by atoms with Gasteiger partial charge >= 0.3 is 11.8 Å². The molecule has 0 fully saturated rings. The van der Waals surface area contributed by atoms with Gasteiger partial charge in [-0.1, -0.05) is 36.4 Å². The number of amides is 1. The minimum Gasteiger partial charge on any atom is -0.497 e. The summed E-state index contributed by atoms with van der Waals surface area (Å²) in [5, 5.41) is 10.5. The molecule has 0 aliphatic heterocycles. The van der Waals surface area contributed by atoms with Crippen molar-refractivity contribution >= 4 is 5.91 Å². The van der Waals surface area contributed by atoms with Gasteiger partial charge in [0.2, 0.25) is 5.89 Å². The molecule has 1 heterocycles. The highest BCUT2D eigenvalue weighted by Crippen LogP contribution is 2.22.